The smallest absolute Gasteiger partial charge is 0.193 e. The van der Waals surface area contributed by atoms with Crippen molar-refractivity contribution >= 4 is 5.96 Å². The summed E-state index contributed by atoms with van der Waals surface area (Å²) in [6.07, 6.45) is 11.1. The Bertz CT molecular complexity index is 309. The lowest BCUT2D eigenvalue weighted by molar-refractivity contribution is 0.115. The molecule has 2 aliphatic carbocycles. The minimum absolute atomic E-state index is 0.802. The van der Waals surface area contributed by atoms with Crippen molar-refractivity contribution in [3.8, 4) is 0 Å². The molecule has 0 bridgehead atoms. The van der Waals surface area contributed by atoms with E-state index in [9.17, 15) is 0 Å². The third kappa shape index (κ3) is 6.68. The van der Waals surface area contributed by atoms with E-state index in [0.717, 1.165) is 44.1 Å². The number of hydrogen-bond acceptors (Lipinski definition) is 2. The van der Waals surface area contributed by atoms with Crippen LogP contribution in [0.3, 0.4) is 0 Å². The third-order valence-electron chi connectivity index (χ3n) is 4.76. The fraction of sp³-hybridized carbons (Fsp3) is 0.941. The lowest BCUT2D eigenvalue weighted by Gasteiger charge is -2.25. The zero-order valence-electron chi connectivity index (χ0n) is 13.9. The Kier molecular flexibility index (Phi) is 7.34. The summed E-state index contributed by atoms with van der Waals surface area (Å²) in [5, 5.41) is 3.50. The molecule has 0 aromatic rings. The molecule has 0 aromatic heterocycles. The molecule has 2 fully saturated rings. The zero-order chi connectivity index (χ0) is 14.9. The van der Waals surface area contributed by atoms with Gasteiger partial charge in [0.15, 0.2) is 5.96 Å². The van der Waals surface area contributed by atoms with Crippen LogP contribution in [-0.4, -0.2) is 51.3 Å². The van der Waals surface area contributed by atoms with E-state index in [1.165, 1.54) is 51.4 Å². The summed E-state index contributed by atoms with van der Waals surface area (Å²) in [7, 11) is 3.96. The molecule has 0 aromatic carbocycles. The molecule has 0 aliphatic heterocycles. The van der Waals surface area contributed by atoms with Crippen molar-refractivity contribution in [3.63, 3.8) is 0 Å². The average molecular weight is 295 g/mol. The Labute approximate surface area is 130 Å². The van der Waals surface area contributed by atoms with Crippen LogP contribution in [0.4, 0.5) is 0 Å². The third-order valence-corrected chi connectivity index (χ3v) is 4.76. The van der Waals surface area contributed by atoms with Gasteiger partial charge in [0.2, 0.25) is 0 Å². The maximum atomic E-state index is 5.70. The zero-order valence-corrected chi connectivity index (χ0v) is 13.9. The number of guanidine groups is 1. The fourth-order valence-corrected chi connectivity index (χ4v) is 3.09. The Morgan fingerprint density at radius 1 is 1.14 bits per heavy atom. The van der Waals surface area contributed by atoms with E-state index >= 15 is 0 Å². The number of aliphatic imine (C=N–C) groups is 1. The van der Waals surface area contributed by atoms with Crippen LogP contribution in [-0.2, 0) is 4.74 Å². The molecule has 0 unspecified atom stereocenters. The van der Waals surface area contributed by atoms with Gasteiger partial charge in [0.25, 0.3) is 0 Å². The molecule has 0 heterocycles. The van der Waals surface area contributed by atoms with Crippen molar-refractivity contribution in [2.75, 3.05) is 40.4 Å². The summed E-state index contributed by atoms with van der Waals surface area (Å²) in [5.41, 5.74) is 0. The summed E-state index contributed by atoms with van der Waals surface area (Å²) in [5.74, 6) is 2.78. The van der Waals surface area contributed by atoms with Gasteiger partial charge in [-0.2, -0.15) is 0 Å². The van der Waals surface area contributed by atoms with Gasteiger partial charge < -0.3 is 15.0 Å². The summed E-state index contributed by atoms with van der Waals surface area (Å²) in [6.45, 7) is 3.71. The Balaban J connectivity index is 1.54. The lowest BCUT2D eigenvalue weighted by Crippen LogP contribution is -2.41. The van der Waals surface area contributed by atoms with Gasteiger partial charge in [-0.15, -0.1) is 0 Å². The highest BCUT2D eigenvalue weighted by Crippen LogP contribution is 2.28. The summed E-state index contributed by atoms with van der Waals surface area (Å²) < 4.78 is 5.70. The van der Waals surface area contributed by atoms with Gasteiger partial charge in [0, 0.05) is 33.8 Å². The van der Waals surface area contributed by atoms with Crippen molar-refractivity contribution in [1.82, 2.24) is 10.2 Å². The molecule has 0 saturated heterocycles. The second-order valence-electron chi connectivity index (χ2n) is 6.71. The van der Waals surface area contributed by atoms with Crippen molar-refractivity contribution in [3.05, 3.63) is 0 Å². The standard InChI is InChI=1S/C17H33N3O/c1-18-17(19-11-10-15-6-4-3-5-7-15)20(2)12-13-21-14-16-8-9-16/h15-16H,3-14H2,1-2H3,(H,18,19). The second kappa shape index (κ2) is 9.29. The van der Waals surface area contributed by atoms with Crippen LogP contribution < -0.4 is 5.32 Å². The van der Waals surface area contributed by atoms with E-state index in [4.69, 9.17) is 4.74 Å². The molecule has 1 N–H and O–H groups in total. The predicted octanol–water partition coefficient (Wildman–Crippen LogP) is 2.89. The Morgan fingerprint density at radius 3 is 2.57 bits per heavy atom. The number of rotatable bonds is 8. The Hall–Kier alpha value is -0.770. The van der Waals surface area contributed by atoms with Crippen LogP contribution in [0.1, 0.15) is 51.4 Å². The van der Waals surface area contributed by atoms with E-state index < -0.39 is 0 Å². The van der Waals surface area contributed by atoms with Crippen LogP contribution in [0, 0.1) is 11.8 Å². The van der Waals surface area contributed by atoms with Crippen molar-refractivity contribution < 1.29 is 4.74 Å². The average Bonchev–Trinajstić information content (AvgIpc) is 3.33. The highest BCUT2D eigenvalue weighted by molar-refractivity contribution is 5.79. The highest BCUT2D eigenvalue weighted by Gasteiger charge is 2.21. The van der Waals surface area contributed by atoms with Gasteiger partial charge in [-0.05, 0) is 31.1 Å². The molecule has 0 radical (unpaired) electrons. The molecule has 2 saturated carbocycles. The molecular formula is C17H33N3O. The van der Waals surface area contributed by atoms with Crippen LogP contribution in [0.15, 0.2) is 4.99 Å². The van der Waals surface area contributed by atoms with Gasteiger partial charge in [0.1, 0.15) is 0 Å². The van der Waals surface area contributed by atoms with Gasteiger partial charge >= 0.3 is 0 Å². The minimum Gasteiger partial charge on any atom is -0.379 e. The SMILES string of the molecule is CN=C(NCCC1CCCCC1)N(C)CCOCC1CC1. The van der Waals surface area contributed by atoms with Crippen LogP contribution >= 0.6 is 0 Å². The number of nitrogens with zero attached hydrogens (tertiary/aromatic N) is 2. The molecule has 4 nitrogen and oxygen atoms in total. The lowest BCUT2D eigenvalue weighted by atomic mass is 9.87. The van der Waals surface area contributed by atoms with E-state index in [2.05, 4.69) is 22.3 Å². The van der Waals surface area contributed by atoms with Crippen LogP contribution in [0.5, 0.6) is 0 Å². The normalized spacial score (nSPS) is 20.6. The van der Waals surface area contributed by atoms with E-state index in [0.29, 0.717) is 0 Å². The molecule has 0 spiro atoms. The van der Waals surface area contributed by atoms with Gasteiger partial charge in [-0.25, -0.2) is 0 Å². The molecule has 2 rings (SSSR count). The van der Waals surface area contributed by atoms with Crippen LogP contribution in [0.25, 0.3) is 0 Å². The molecule has 122 valence electrons. The largest absolute Gasteiger partial charge is 0.379 e. The summed E-state index contributed by atoms with van der Waals surface area (Å²) >= 11 is 0. The van der Waals surface area contributed by atoms with E-state index in [-0.39, 0.29) is 0 Å². The molecule has 0 amide bonds. The van der Waals surface area contributed by atoms with Crippen LogP contribution in [0.2, 0.25) is 0 Å². The monoisotopic (exact) mass is 295 g/mol. The molecule has 4 heteroatoms. The molecule has 21 heavy (non-hydrogen) atoms. The van der Waals surface area contributed by atoms with E-state index in [1.54, 1.807) is 0 Å². The van der Waals surface area contributed by atoms with Gasteiger partial charge in [-0.1, -0.05) is 32.1 Å². The fourth-order valence-electron chi connectivity index (χ4n) is 3.09. The summed E-state index contributed by atoms with van der Waals surface area (Å²) in [4.78, 5) is 6.55. The minimum atomic E-state index is 0.802. The number of nitrogens with one attached hydrogen (secondary N) is 1. The van der Waals surface area contributed by atoms with Gasteiger partial charge in [-0.3, -0.25) is 4.99 Å². The number of likely N-dealkylation sites (N-methyl/N-ethyl adjacent to an activating group) is 1. The quantitative estimate of drug-likeness (QED) is 0.425. The maximum absolute atomic E-state index is 5.70. The van der Waals surface area contributed by atoms with Crippen molar-refractivity contribution in [2.24, 2.45) is 16.8 Å². The predicted molar refractivity (Wildman–Crippen MR) is 88.7 cm³/mol. The molecular weight excluding hydrogens is 262 g/mol. The van der Waals surface area contributed by atoms with Gasteiger partial charge in [0.05, 0.1) is 6.61 Å². The first kappa shape index (κ1) is 16.6. The van der Waals surface area contributed by atoms with E-state index in [1.807, 2.05) is 7.05 Å². The first-order chi connectivity index (χ1) is 10.3. The second-order valence-corrected chi connectivity index (χ2v) is 6.71. The topological polar surface area (TPSA) is 36.9 Å². The summed E-state index contributed by atoms with van der Waals surface area (Å²) in [6, 6.07) is 0. The number of hydrogen-bond donors (Lipinski definition) is 1. The Morgan fingerprint density at radius 2 is 1.90 bits per heavy atom. The van der Waals surface area contributed by atoms with Crippen molar-refractivity contribution in [1.29, 1.82) is 0 Å². The van der Waals surface area contributed by atoms with Crippen molar-refractivity contribution in [2.45, 2.75) is 51.4 Å². The molecule has 0 atom stereocenters. The maximum Gasteiger partial charge on any atom is 0.193 e. The molecule has 2 aliphatic rings. The highest BCUT2D eigenvalue weighted by atomic mass is 16.5. The first-order valence-electron chi connectivity index (χ1n) is 8.79. The first-order valence-corrected chi connectivity index (χ1v) is 8.79. The number of ether oxygens (including phenoxy) is 1.